The van der Waals surface area contributed by atoms with Crippen LogP contribution in [0, 0.1) is 13.8 Å². The molecule has 1 aliphatic heterocycles. The van der Waals surface area contributed by atoms with Crippen LogP contribution in [0.15, 0.2) is 47.6 Å². The highest BCUT2D eigenvalue weighted by molar-refractivity contribution is 8.00. The molecule has 0 radical (unpaired) electrons. The van der Waals surface area contributed by atoms with Gasteiger partial charge in [0, 0.05) is 36.9 Å². The van der Waals surface area contributed by atoms with E-state index in [0.29, 0.717) is 5.75 Å². The van der Waals surface area contributed by atoms with Crippen molar-refractivity contribution >= 4 is 17.7 Å². The summed E-state index contributed by atoms with van der Waals surface area (Å²) < 4.78 is 0. The Morgan fingerprint density at radius 1 is 1.38 bits per heavy atom. The first kappa shape index (κ1) is 17.0. The Hall–Kier alpha value is -1.85. The number of amides is 1. The smallest absolute Gasteiger partial charge is 0.233 e. The molecule has 1 N–H and O–H groups in total. The first-order valence-electron chi connectivity index (χ1n) is 8.25. The first-order chi connectivity index (χ1) is 11.6. The van der Waals surface area contributed by atoms with Gasteiger partial charge in [-0.2, -0.15) is 0 Å². The lowest BCUT2D eigenvalue weighted by molar-refractivity contribution is -0.131. The quantitative estimate of drug-likeness (QED) is 0.869. The van der Waals surface area contributed by atoms with Crippen molar-refractivity contribution < 1.29 is 4.79 Å². The van der Waals surface area contributed by atoms with Crippen molar-refractivity contribution in [3.63, 3.8) is 0 Å². The van der Waals surface area contributed by atoms with Gasteiger partial charge in [-0.25, -0.2) is 0 Å². The average Bonchev–Trinajstić information content (AvgIpc) is 2.63. The number of thioether (sulfide) groups is 1. The minimum atomic E-state index is 0.0687. The maximum absolute atomic E-state index is 12.8. The number of aromatic nitrogens is 1. The van der Waals surface area contributed by atoms with E-state index >= 15 is 0 Å². The molecule has 1 saturated heterocycles. The summed E-state index contributed by atoms with van der Waals surface area (Å²) in [6, 6.07) is 10.4. The predicted molar refractivity (Wildman–Crippen MR) is 98.2 cm³/mol. The molecule has 2 heterocycles. The molecule has 126 valence electrons. The molecule has 0 bridgehead atoms. The van der Waals surface area contributed by atoms with Gasteiger partial charge in [0.15, 0.2) is 0 Å². The zero-order valence-corrected chi connectivity index (χ0v) is 15.0. The van der Waals surface area contributed by atoms with E-state index in [0.717, 1.165) is 25.2 Å². The summed E-state index contributed by atoms with van der Waals surface area (Å²) in [6.07, 6.45) is 3.62. The van der Waals surface area contributed by atoms with Crippen LogP contribution in [0.3, 0.4) is 0 Å². The molecule has 0 spiro atoms. The number of rotatable bonds is 4. The third-order valence-electron chi connectivity index (χ3n) is 4.33. The third-order valence-corrected chi connectivity index (χ3v) is 5.47. The highest BCUT2D eigenvalue weighted by Crippen LogP contribution is 2.26. The van der Waals surface area contributed by atoms with Crippen LogP contribution in [-0.4, -0.2) is 41.2 Å². The van der Waals surface area contributed by atoms with Crippen molar-refractivity contribution in [2.24, 2.45) is 0 Å². The SMILES string of the molecule is Cc1ccc(C)c(SCC(=O)N2CCNCC2c2cccnc2)c1. The van der Waals surface area contributed by atoms with Gasteiger partial charge in [0.1, 0.15) is 0 Å². The molecule has 2 aromatic rings. The predicted octanol–water partition coefficient (Wildman–Crippen LogP) is 2.96. The average molecular weight is 341 g/mol. The second-order valence-electron chi connectivity index (χ2n) is 6.15. The maximum atomic E-state index is 12.8. The Morgan fingerprint density at radius 2 is 2.25 bits per heavy atom. The highest BCUT2D eigenvalue weighted by Gasteiger charge is 2.27. The van der Waals surface area contributed by atoms with E-state index in [1.165, 1.54) is 16.0 Å². The van der Waals surface area contributed by atoms with Crippen LogP contribution in [0.5, 0.6) is 0 Å². The number of hydrogen-bond acceptors (Lipinski definition) is 4. The lowest BCUT2D eigenvalue weighted by Crippen LogP contribution is -2.49. The van der Waals surface area contributed by atoms with Gasteiger partial charge in [-0.05, 0) is 37.1 Å². The Morgan fingerprint density at radius 3 is 3.04 bits per heavy atom. The van der Waals surface area contributed by atoms with Gasteiger partial charge in [-0.3, -0.25) is 9.78 Å². The topological polar surface area (TPSA) is 45.2 Å². The van der Waals surface area contributed by atoms with Gasteiger partial charge in [0.2, 0.25) is 5.91 Å². The molecule has 0 aliphatic carbocycles. The molecule has 1 unspecified atom stereocenters. The van der Waals surface area contributed by atoms with Crippen LogP contribution in [0.4, 0.5) is 0 Å². The van der Waals surface area contributed by atoms with E-state index in [1.54, 1.807) is 18.0 Å². The zero-order chi connectivity index (χ0) is 16.9. The maximum Gasteiger partial charge on any atom is 0.233 e. The van der Waals surface area contributed by atoms with Crippen molar-refractivity contribution in [2.75, 3.05) is 25.4 Å². The van der Waals surface area contributed by atoms with E-state index in [-0.39, 0.29) is 11.9 Å². The Bertz CT molecular complexity index is 705. The normalized spacial score (nSPS) is 17.8. The molecule has 1 aliphatic rings. The number of benzene rings is 1. The molecule has 0 saturated carbocycles. The number of hydrogen-bond donors (Lipinski definition) is 1. The minimum Gasteiger partial charge on any atom is -0.332 e. The Labute approximate surface area is 147 Å². The van der Waals surface area contributed by atoms with E-state index in [9.17, 15) is 4.79 Å². The second kappa shape index (κ2) is 7.81. The van der Waals surface area contributed by atoms with Gasteiger partial charge in [0.25, 0.3) is 0 Å². The van der Waals surface area contributed by atoms with Crippen LogP contribution in [0.25, 0.3) is 0 Å². The molecule has 1 fully saturated rings. The molecule has 4 nitrogen and oxygen atoms in total. The summed E-state index contributed by atoms with van der Waals surface area (Å²) in [7, 11) is 0. The summed E-state index contributed by atoms with van der Waals surface area (Å²) >= 11 is 1.63. The van der Waals surface area contributed by atoms with Crippen LogP contribution >= 0.6 is 11.8 Å². The summed E-state index contributed by atoms with van der Waals surface area (Å²) in [5.41, 5.74) is 3.54. The first-order valence-corrected chi connectivity index (χ1v) is 9.24. The largest absolute Gasteiger partial charge is 0.332 e. The zero-order valence-electron chi connectivity index (χ0n) is 14.2. The van der Waals surface area contributed by atoms with E-state index in [1.807, 2.05) is 23.2 Å². The second-order valence-corrected chi connectivity index (χ2v) is 7.17. The highest BCUT2D eigenvalue weighted by atomic mass is 32.2. The molecule has 1 amide bonds. The molecule has 24 heavy (non-hydrogen) atoms. The van der Waals surface area contributed by atoms with Crippen LogP contribution in [-0.2, 0) is 4.79 Å². The van der Waals surface area contributed by atoms with Crippen molar-refractivity contribution in [1.29, 1.82) is 0 Å². The van der Waals surface area contributed by atoms with E-state index in [2.05, 4.69) is 42.3 Å². The fourth-order valence-electron chi connectivity index (χ4n) is 2.96. The summed E-state index contributed by atoms with van der Waals surface area (Å²) in [5, 5.41) is 3.38. The number of carbonyl (C=O) groups is 1. The van der Waals surface area contributed by atoms with Gasteiger partial charge >= 0.3 is 0 Å². The molecule has 1 aromatic carbocycles. The Kier molecular flexibility index (Phi) is 5.53. The number of aryl methyl sites for hydroxylation is 2. The lowest BCUT2D eigenvalue weighted by atomic mass is 10.1. The number of carbonyl (C=O) groups excluding carboxylic acids is 1. The standard InChI is InChI=1S/C19H23N3OS/c1-14-5-6-15(2)18(10-14)24-13-19(23)22-9-8-21-12-17(22)16-4-3-7-20-11-16/h3-7,10-11,17,21H,8-9,12-13H2,1-2H3. The summed E-state index contributed by atoms with van der Waals surface area (Å²) in [5.74, 6) is 0.664. The van der Waals surface area contributed by atoms with Gasteiger partial charge < -0.3 is 10.2 Å². The molecular weight excluding hydrogens is 318 g/mol. The number of pyridine rings is 1. The van der Waals surface area contributed by atoms with Crippen molar-refractivity contribution in [3.8, 4) is 0 Å². The van der Waals surface area contributed by atoms with Gasteiger partial charge in [-0.15, -0.1) is 11.8 Å². The van der Waals surface area contributed by atoms with Crippen LogP contribution in [0.1, 0.15) is 22.7 Å². The fourth-order valence-corrected chi connectivity index (χ4v) is 3.97. The number of piperazine rings is 1. The van der Waals surface area contributed by atoms with Crippen molar-refractivity contribution in [1.82, 2.24) is 15.2 Å². The molecule has 5 heteroatoms. The third kappa shape index (κ3) is 3.97. The van der Waals surface area contributed by atoms with Crippen LogP contribution in [0.2, 0.25) is 0 Å². The van der Waals surface area contributed by atoms with Crippen LogP contribution < -0.4 is 5.32 Å². The van der Waals surface area contributed by atoms with Crippen molar-refractivity contribution in [2.45, 2.75) is 24.8 Å². The summed E-state index contributed by atoms with van der Waals surface area (Å²) in [6.45, 7) is 6.55. The molecule has 3 rings (SSSR count). The van der Waals surface area contributed by atoms with Gasteiger partial charge in [0.05, 0.1) is 11.8 Å². The summed E-state index contributed by atoms with van der Waals surface area (Å²) in [4.78, 5) is 20.2. The molecule has 1 atom stereocenters. The van der Waals surface area contributed by atoms with E-state index in [4.69, 9.17) is 0 Å². The Balaban J connectivity index is 1.69. The monoisotopic (exact) mass is 341 g/mol. The minimum absolute atomic E-state index is 0.0687. The van der Waals surface area contributed by atoms with E-state index < -0.39 is 0 Å². The molecular formula is C19H23N3OS. The number of nitrogens with one attached hydrogen (secondary N) is 1. The number of nitrogens with zero attached hydrogens (tertiary/aromatic N) is 2. The molecule has 1 aromatic heterocycles. The lowest BCUT2D eigenvalue weighted by Gasteiger charge is -2.36. The van der Waals surface area contributed by atoms with Gasteiger partial charge in [-0.1, -0.05) is 23.8 Å². The fraction of sp³-hybridized carbons (Fsp3) is 0.368. The van der Waals surface area contributed by atoms with Crippen molar-refractivity contribution in [3.05, 3.63) is 59.4 Å².